The zero-order valence-corrected chi connectivity index (χ0v) is 24.5. The normalized spacial score (nSPS) is 13.4. The second-order valence-electron chi connectivity index (χ2n) is 14.3. The van der Waals surface area contributed by atoms with Gasteiger partial charge in [0.2, 0.25) is 0 Å². The molecule has 0 aliphatic heterocycles. The van der Waals surface area contributed by atoms with Gasteiger partial charge in [0.15, 0.2) is 0 Å². The first-order valence-corrected chi connectivity index (χ1v) is 13.2. The van der Waals surface area contributed by atoms with E-state index in [-0.39, 0.29) is 21.7 Å². The molecule has 0 saturated carbocycles. The van der Waals surface area contributed by atoms with Crippen LogP contribution < -0.4 is 5.32 Å². The second kappa shape index (κ2) is 10.2. The Kier molecular flexibility index (Phi) is 8.49. The lowest BCUT2D eigenvalue weighted by molar-refractivity contribution is 0.422. The Morgan fingerprint density at radius 1 is 0.486 bits per heavy atom. The summed E-state index contributed by atoms with van der Waals surface area (Å²) in [4.78, 5) is 0. The molecule has 0 radical (unpaired) electrons. The smallest absolute Gasteiger partial charge is 0.123 e. The van der Waals surface area contributed by atoms with Gasteiger partial charge in [0.1, 0.15) is 11.5 Å². The maximum absolute atomic E-state index is 11.0. The van der Waals surface area contributed by atoms with Crippen molar-refractivity contribution in [2.24, 2.45) is 0 Å². The lowest BCUT2D eigenvalue weighted by atomic mass is 9.78. The third-order valence-corrected chi connectivity index (χ3v) is 6.75. The fourth-order valence-corrected chi connectivity index (χ4v) is 4.55. The highest BCUT2D eigenvalue weighted by molar-refractivity contribution is 5.51. The van der Waals surface area contributed by atoms with E-state index in [1.165, 1.54) is 11.1 Å². The van der Waals surface area contributed by atoms with Gasteiger partial charge in [-0.2, -0.15) is 0 Å². The third-order valence-electron chi connectivity index (χ3n) is 6.75. The van der Waals surface area contributed by atoms with Gasteiger partial charge in [-0.3, -0.25) is 0 Å². The van der Waals surface area contributed by atoms with Gasteiger partial charge in [-0.15, -0.1) is 0 Å². The van der Waals surface area contributed by atoms with E-state index in [1.807, 2.05) is 0 Å². The van der Waals surface area contributed by atoms with E-state index < -0.39 is 0 Å². The van der Waals surface area contributed by atoms with E-state index in [0.29, 0.717) is 11.5 Å². The number of nitrogens with one attached hydrogen (secondary N) is 1. The molecule has 0 fully saturated rings. The Morgan fingerprint density at radius 3 is 0.914 bits per heavy atom. The zero-order valence-electron chi connectivity index (χ0n) is 24.5. The van der Waals surface area contributed by atoms with Crippen molar-refractivity contribution in [3.63, 3.8) is 0 Å². The molecule has 0 bridgehead atoms. The van der Waals surface area contributed by atoms with Crippen molar-refractivity contribution in [3.05, 3.63) is 57.6 Å². The highest BCUT2D eigenvalue weighted by Gasteiger charge is 2.27. The molecule has 0 spiro atoms. The molecule has 2 aromatic rings. The minimum absolute atomic E-state index is 0.109. The van der Waals surface area contributed by atoms with E-state index in [1.54, 1.807) is 0 Å². The molecule has 3 N–H and O–H groups in total. The monoisotopic (exact) mass is 481 g/mol. The van der Waals surface area contributed by atoms with Crippen LogP contribution >= 0.6 is 0 Å². The molecule has 3 heteroatoms. The SMILES string of the molecule is CC(C)(C)c1cc(CCNCCc2cc(C(C)(C)C)c(O)c(C(C)(C)C)c2)cc(C(C)(C)C)c1O. The standard InChI is InChI=1S/C32H51NO2/c1-29(2,3)23-17-21(18-24(27(23)34)30(4,5)6)13-15-33-16-14-22-19-25(31(7,8)9)28(35)26(20-22)32(10,11)12/h17-20,33-35H,13-16H2,1-12H3. The van der Waals surface area contributed by atoms with E-state index >= 15 is 0 Å². The molecule has 0 amide bonds. The molecule has 0 unspecified atom stereocenters. The van der Waals surface area contributed by atoms with Crippen LogP contribution in [0.25, 0.3) is 0 Å². The fourth-order valence-electron chi connectivity index (χ4n) is 4.55. The third kappa shape index (κ3) is 7.49. The number of aromatic hydroxyl groups is 2. The van der Waals surface area contributed by atoms with Gasteiger partial charge in [-0.25, -0.2) is 0 Å². The van der Waals surface area contributed by atoms with Crippen LogP contribution in [0.3, 0.4) is 0 Å². The molecular formula is C32H51NO2. The predicted octanol–water partition coefficient (Wildman–Crippen LogP) is 7.66. The molecular weight excluding hydrogens is 430 g/mol. The van der Waals surface area contributed by atoms with Gasteiger partial charge in [-0.1, -0.05) is 107 Å². The Morgan fingerprint density at radius 2 is 0.714 bits per heavy atom. The molecule has 0 heterocycles. The van der Waals surface area contributed by atoms with E-state index in [9.17, 15) is 10.2 Å². The molecule has 196 valence electrons. The molecule has 35 heavy (non-hydrogen) atoms. The first kappa shape index (κ1) is 29.2. The van der Waals surface area contributed by atoms with Crippen LogP contribution in [-0.2, 0) is 34.5 Å². The van der Waals surface area contributed by atoms with Crippen LogP contribution in [-0.4, -0.2) is 23.3 Å². The minimum atomic E-state index is -0.109. The Labute approximate surface area is 215 Å². The average Bonchev–Trinajstić information content (AvgIpc) is 2.66. The average molecular weight is 482 g/mol. The van der Waals surface area contributed by atoms with Gasteiger partial charge in [0.05, 0.1) is 0 Å². The quantitative estimate of drug-likeness (QED) is 0.371. The summed E-state index contributed by atoms with van der Waals surface area (Å²) in [6.45, 7) is 27.7. The van der Waals surface area contributed by atoms with Crippen LogP contribution in [0.15, 0.2) is 24.3 Å². The van der Waals surface area contributed by atoms with Gasteiger partial charge < -0.3 is 15.5 Å². The van der Waals surface area contributed by atoms with Crippen LogP contribution in [0.2, 0.25) is 0 Å². The van der Waals surface area contributed by atoms with Crippen molar-refractivity contribution in [3.8, 4) is 11.5 Å². The van der Waals surface area contributed by atoms with Gasteiger partial charge in [-0.05, 0) is 81.0 Å². The zero-order chi connectivity index (χ0) is 27.0. The summed E-state index contributed by atoms with van der Waals surface area (Å²) in [5, 5.41) is 25.6. The Bertz CT molecular complexity index is 868. The van der Waals surface area contributed by atoms with Crippen molar-refractivity contribution in [2.75, 3.05) is 13.1 Å². The molecule has 0 atom stereocenters. The van der Waals surface area contributed by atoms with E-state index in [4.69, 9.17) is 0 Å². The molecule has 0 aromatic heterocycles. The fraction of sp³-hybridized carbons (Fsp3) is 0.625. The summed E-state index contributed by atoms with van der Waals surface area (Å²) in [5.41, 5.74) is 6.18. The number of rotatable bonds is 6. The largest absolute Gasteiger partial charge is 0.507 e. The topological polar surface area (TPSA) is 52.5 Å². The van der Waals surface area contributed by atoms with Crippen LogP contribution in [0.1, 0.15) is 116 Å². The lowest BCUT2D eigenvalue weighted by Gasteiger charge is -2.28. The lowest BCUT2D eigenvalue weighted by Crippen LogP contribution is -2.22. The molecule has 0 saturated heterocycles. The summed E-state index contributed by atoms with van der Waals surface area (Å²) in [7, 11) is 0. The number of hydrogen-bond donors (Lipinski definition) is 3. The number of phenols is 2. The maximum atomic E-state index is 11.0. The first-order valence-electron chi connectivity index (χ1n) is 13.2. The predicted molar refractivity (Wildman–Crippen MR) is 151 cm³/mol. The van der Waals surface area contributed by atoms with Crippen LogP contribution in [0, 0.1) is 0 Å². The minimum Gasteiger partial charge on any atom is -0.507 e. The molecule has 2 rings (SSSR count). The summed E-state index contributed by atoms with van der Waals surface area (Å²) in [6.07, 6.45) is 1.84. The van der Waals surface area contributed by atoms with Crippen LogP contribution in [0.4, 0.5) is 0 Å². The van der Waals surface area contributed by atoms with E-state index in [0.717, 1.165) is 48.2 Å². The van der Waals surface area contributed by atoms with Crippen molar-refractivity contribution in [2.45, 2.75) is 118 Å². The van der Waals surface area contributed by atoms with Crippen molar-refractivity contribution in [1.82, 2.24) is 5.32 Å². The highest BCUT2D eigenvalue weighted by Crippen LogP contribution is 2.41. The molecule has 2 aromatic carbocycles. The van der Waals surface area contributed by atoms with Gasteiger partial charge in [0.25, 0.3) is 0 Å². The summed E-state index contributed by atoms with van der Waals surface area (Å²) >= 11 is 0. The Balaban J connectivity index is 2.15. The van der Waals surface area contributed by atoms with Crippen LogP contribution in [0.5, 0.6) is 11.5 Å². The second-order valence-corrected chi connectivity index (χ2v) is 14.3. The Hall–Kier alpha value is -2.00. The summed E-state index contributed by atoms with van der Waals surface area (Å²) < 4.78 is 0. The molecule has 3 nitrogen and oxygen atoms in total. The van der Waals surface area contributed by atoms with Crippen molar-refractivity contribution in [1.29, 1.82) is 0 Å². The first-order chi connectivity index (χ1) is 15.7. The van der Waals surface area contributed by atoms with Gasteiger partial charge in [0, 0.05) is 0 Å². The molecule has 0 aliphatic carbocycles. The maximum Gasteiger partial charge on any atom is 0.123 e. The van der Waals surface area contributed by atoms with Crippen molar-refractivity contribution >= 4 is 0 Å². The highest BCUT2D eigenvalue weighted by atomic mass is 16.3. The summed E-state index contributed by atoms with van der Waals surface area (Å²) in [5.74, 6) is 0.886. The van der Waals surface area contributed by atoms with Gasteiger partial charge >= 0.3 is 0 Å². The number of phenolic OH excluding ortho intramolecular Hbond substituents is 2. The molecule has 0 aliphatic rings. The number of benzene rings is 2. The number of hydrogen-bond acceptors (Lipinski definition) is 3. The van der Waals surface area contributed by atoms with Crippen molar-refractivity contribution < 1.29 is 10.2 Å². The summed E-state index contributed by atoms with van der Waals surface area (Å²) in [6, 6.07) is 8.71. The van der Waals surface area contributed by atoms with E-state index in [2.05, 4.69) is 113 Å².